The van der Waals surface area contributed by atoms with E-state index in [1.54, 1.807) is 11.5 Å². The molecule has 0 aliphatic heterocycles. The van der Waals surface area contributed by atoms with Crippen LogP contribution in [0.2, 0.25) is 0 Å². The molecule has 1 heterocycles. The van der Waals surface area contributed by atoms with Gasteiger partial charge in [-0.3, -0.25) is 4.79 Å². The number of sulfone groups is 1. The lowest BCUT2D eigenvalue weighted by molar-refractivity contribution is -0.111. The van der Waals surface area contributed by atoms with Crippen molar-refractivity contribution in [2.24, 2.45) is 0 Å². The SMILES string of the molecule is CS(=O)(=O)c1ccsc1NC(=O)/C=C\c1ccccc1. The summed E-state index contributed by atoms with van der Waals surface area (Å²) in [4.78, 5) is 11.9. The van der Waals surface area contributed by atoms with Gasteiger partial charge in [-0.05, 0) is 23.1 Å². The van der Waals surface area contributed by atoms with Gasteiger partial charge in [-0.15, -0.1) is 11.3 Å². The summed E-state index contributed by atoms with van der Waals surface area (Å²) >= 11 is 1.18. The molecule has 0 atom stereocenters. The van der Waals surface area contributed by atoms with Gasteiger partial charge >= 0.3 is 0 Å². The molecule has 0 spiro atoms. The minimum Gasteiger partial charge on any atom is -0.313 e. The smallest absolute Gasteiger partial charge is 0.249 e. The molecule has 0 radical (unpaired) electrons. The second-order valence-corrected chi connectivity index (χ2v) is 7.02. The predicted molar refractivity (Wildman–Crippen MR) is 81.5 cm³/mol. The number of anilines is 1. The first kappa shape index (κ1) is 14.5. The van der Waals surface area contributed by atoms with Crippen molar-refractivity contribution >= 4 is 38.2 Å². The third-order valence-corrected chi connectivity index (χ3v) is 4.59. The summed E-state index contributed by atoms with van der Waals surface area (Å²) in [7, 11) is -3.33. The van der Waals surface area contributed by atoms with Crippen LogP contribution in [0, 0.1) is 0 Å². The minimum absolute atomic E-state index is 0.143. The highest BCUT2D eigenvalue weighted by Crippen LogP contribution is 2.27. The fourth-order valence-corrected chi connectivity index (χ4v) is 3.64. The first-order valence-corrected chi connectivity index (χ1v) is 8.55. The Balaban J connectivity index is 2.10. The molecule has 2 rings (SSSR count). The Morgan fingerprint density at radius 1 is 1.20 bits per heavy atom. The van der Waals surface area contributed by atoms with Crippen LogP contribution in [0.5, 0.6) is 0 Å². The Kier molecular flexibility index (Phi) is 4.36. The van der Waals surface area contributed by atoms with E-state index in [0.29, 0.717) is 5.00 Å². The minimum atomic E-state index is -3.33. The molecule has 4 nitrogen and oxygen atoms in total. The number of carbonyl (C=O) groups excluding carboxylic acids is 1. The van der Waals surface area contributed by atoms with E-state index < -0.39 is 9.84 Å². The van der Waals surface area contributed by atoms with Gasteiger partial charge in [-0.1, -0.05) is 30.3 Å². The first-order chi connectivity index (χ1) is 9.47. The number of benzene rings is 1. The lowest BCUT2D eigenvalue weighted by atomic mass is 10.2. The van der Waals surface area contributed by atoms with Crippen LogP contribution in [-0.2, 0) is 14.6 Å². The van der Waals surface area contributed by atoms with Crippen molar-refractivity contribution in [2.75, 3.05) is 11.6 Å². The van der Waals surface area contributed by atoms with E-state index in [9.17, 15) is 13.2 Å². The van der Waals surface area contributed by atoms with Gasteiger partial charge in [0.05, 0.1) is 0 Å². The number of hydrogen-bond donors (Lipinski definition) is 1. The molecule has 1 amide bonds. The maximum Gasteiger partial charge on any atom is 0.249 e. The van der Waals surface area contributed by atoms with Gasteiger partial charge in [0.15, 0.2) is 9.84 Å². The summed E-state index contributed by atoms with van der Waals surface area (Å²) in [6.45, 7) is 0. The Bertz CT molecular complexity index is 731. The van der Waals surface area contributed by atoms with Crippen molar-refractivity contribution in [3.05, 3.63) is 53.4 Å². The number of carbonyl (C=O) groups is 1. The van der Waals surface area contributed by atoms with Crippen LogP contribution in [0.1, 0.15) is 5.56 Å². The summed E-state index contributed by atoms with van der Waals surface area (Å²) in [5.41, 5.74) is 0.900. The Hall–Kier alpha value is -1.92. The Labute approximate surface area is 121 Å². The quantitative estimate of drug-likeness (QED) is 0.883. The Morgan fingerprint density at radius 3 is 2.55 bits per heavy atom. The normalized spacial score (nSPS) is 11.7. The van der Waals surface area contributed by atoms with E-state index in [2.05, 4.69) is 5.32 Å². The summed E-state index contributed by atoms with van der Waals surface area (Å²) in [5.74, 6) is -0.360. The molecule has 0 aliphatic rings. The molecule has 0 saturated carbocycles. The van der Waals surface area contributed by atoms with E-state index in [4.69, 9.17) is 0 Å². The zero-order valence-corrected chi connectivity index (χ0v) is 12.4. The molecular weight excluding hydrogens is 294 g/mol. The third kappa shape index (κ3) is 3.79. The average Bonchev–Trinajstić information content (AvgIpc) is 2.86. The van der Waals surface area contributed by atoms with Gasteiger partial charge in [-0.25, -0.2) is 8.42 Å². The van der Waals surface area contributed by atoms with Gasteiger partial charge in [0, 0.05) is 12.3 Å². The maximum absolute atomic E-state index is 11.8. The molecule has 1 aromatic heterocycles. The van der Waals surface area contributed by atoms with Gasteiger partial charge < -0.3 is 5.32 Å². The van der Waals surface area contributed by atoms with Crippen molar-refractivity contribution in [1.29, 1.82) is 0 Å². The van der Waals surface area contributed by atoms with Crippen LogP contribution in [0.25, 0.3) is 6.08 Å². The molecule has 0 aliphatic carbocycles. The topological polar surface area (TPSA) is 63.2 Å². The molecule has 0 unspecified atom stereocenters. The van der Waals surface area contributed by atoms with Gasteiger partial charge in [0.25, 0.3) is 0 Å². The monoisotopic (exact) mass is 307 g/mol. The molecule has 1 N–H and O–H groups in total. The molecule has 0 bridgehead atoms. The average molecular weight is 307 g/mol. The highest BCUT2D eigenvalue weighted by atomic mass is 32.2. The van der Waals surface area contributed by atoms with E-state index in [1.807, 2.05) is 30.3 Å². The van der Waals surface area contributed by atoms with Crippen LogP contribution in [0.3, 0.4) is 0 Å². The second kappa shape index (κ2) is 6.02. The first-order valence-electron chi connectivity index (χ1n) is 5.78. The number of hydrogen-bond acceptors (Lipinski definition) is 4. The lowest BCUT2D eigenvalue weighted by Gasteiger charge is -2.02. The van der Waals surface area contributed by atoms with Gasteiger partial charge in [0.2, 0.25) is 5.91 Å². The molecule has 0 fully saturated rings. The van der Waals surface area contributed by atoms with Crippen LogP contribution >= 0.6 is 11.3 Å². The molecular formula is C14H13NO3S2. The van der Waals surface area contributed by atoms with Crippen LogP contribution in [0.4, 0.5) is 5.00 Å². The fraction of sp³-hybridized carbons (Fsp3) is 0.0714. The maximum atomic E-state index is 11.8. The predicted octanol–water partition coefficient (Wildman–Crippen LogP) is 2.80. The number of amides is 1. The summed E-state index contributed by atoms with van der Waals surface area (Å²) in [6, 6.07) is 10.9. The van der Waals surface area contributed by atoms with Crippen molar-refractivity contribution < 1.29 is 13.2 Å². The van der Waals surface area contributed by atoms with Crippen LogP contribution < -0.4 is 5.32 Å². The summed E-state index contributed by atoms with van der Waals surface area (Å²) < 4.78 is 23.0. The molecule has 6 heteroatoms. The number of thiophene rings is 1. The zero-order chi connectivity index (χ0) is 14.6. The van der Waals surface area contributed by atoms with E-state index in [0.717, 1.165) is 11.8 Å². The van der Waals surface area contributed by atoms with Crippen LogP contribution in [0.15, 0.2) is 52.7 Å². The highest BCUT2D eigenvalue weighted by Gasteiger charge is 2.15. The van der Waals surface area contributed by atoms with Crippen molar-refractivity contribution in [3.63, 3.8) is 0 Å². The lowest BCUT2D eigenvalue weighted by Crippen LogP contribution is -2.09. The molecule has 0 saturated heterocycles. The van der Waals surface area contributed by atoms with Crippen molar-refractivity contribution in [2.45, 2.75) is 4.90 Å². The molecule has 20 heavy (non-hydrogen) atoms. The van der Waals surface area contributed by atoms with E-state index in [-0.39, 0.29) is 10.8 Å². The third-order valence-electron chi connectivity index (χ3n) is 2.49. The number of nitrogens with one attached hydrogen (secondary N) is 1. The largest absolute Gasteiger partial charge is 0.313 e. The molecule has 104 valence electrons. The summed E-state index contributed by atoms with van der Waals surface area (Å²) in [6.07, 6.45) is 4.16. The standard InChI is InChI=1S/C14H13NO3S2/c1-20(17,18)12-9-10-19-14(12)15-13(16)8-7-11-5-3-2-4-6-11/h2-10H,1H3,(H,15,16)/b8-7-. The van der Waals surface area contributed by atoms with E-state index >= 15 is 0 Å². The van der Waals surface area contributed by atoms with E-state index in [1.165, 1.54) is 23.5 Å². The second-order valence-electron chi connectivity index (χ2n) is 4.12. The Morgan fingerprint density at radius 2 is 1.90 bits per heavy atom. The molecule has 2 aromatic rings. The van der Waals surface area contributed by atoms with Gasteiger partial charge in [-0.2, -0.15) is 0 Å². The fourth-order valence-electron chi connectivity index (χ4n) is 1.57. The molecule has 1 aromatic carbocycles. The highest BCUT2D eigenvalue weighted by molar-refractivity contribution is 7.91. The zero-order valence-electron chi connectivity index (χ0n) is 10.7. The van der Waals surface area contributed by atoms with Gasteiger partial charge in [0.1, 0.15) is 9.90 Å². The number of rotatable bonds is 4. The van der Waals surface area contributed by atoms with Crippen molar-refractivity contribution in [1.82, 2.24) is 0 Å². The van der Waals surface area contributed by atoms with Crippen LogP contribution in [-0.4, -0.2) is 20.6 Å². The van der Waals surface area contributed by atoms with Crippen molar-refractivity contribution in [3.8, 4) is 0 Å². The summed E-state index contributed by atoms with van der Waals surface area (Å²) in [5, 5.41) is 4.56.